The summed E-state index contributed by atoms with van der Waals surface area (Å²) in [6.45, 7) is 0. The zero-order chi connectivity index (χ0) is 7.41. The van der Waals surface area contributed by atoms with Crippen LogP contribution in [0.4, 0.5) is 0 Å². The normalized spacial score (nSPS) is 3.75. The van der Waals surface area contributed by atoms with Crippen LogP contribution in [0.25, 0.3) is 0 Å². The van der Waals surface area contributed by atoms with Crippen molar-refractivity contribution in [3.05, 3.63) is 20.2 Å². The molecule has 0 spiro atoms. The first-order chi connectivity index (χ1) is 3.83. The molecule has 0 atom stereocenters. The molecule has 0 rings (SSSR count). The van der Waals surface area contributed by atoms with E-state index < -0.39 is 0 Å². The molecule has 50 valence electrons. The van der Waals surface area contributed by atoms with Gasteiger partial charge in [-0.05, 0) is 0 Å². The monoisotopic (exact) mass is 128 g/mol. The largest absolute Gasteiger partial charge is 0.267 e. The number of nitrogens with one attached hydrogen (secondary N) is 2. The summed E-state index contributed by atoms with van der Waals surface area (Å²) in [6, 6.07) is 0. The van der Waals surface area contributed by atoms with Gasteiger partial charge in [0.25, 0.3) is 0 Å². The summed E-state index contributed by atoms with van der Waals surface area (Å²) in [7, 11) is 0. The van der Waals surface area contributed by atoms with Crippen molar-refractivity contribution >= 4 is 0 Å². The molecule has 0 saturated heterocycles. The van der Waals surface area contributed by atoms with Crippen LogP contribution in [-0.2, 0) is 0 Å². The fourth-order valence-corrected chi connectivity index (χ4v) is 0. The molecule has 0 saturated carbocycles. The maximum atomic E-state index is 8.12. The van der Waals surface area contributed by atoms with Crippen molar-refractivity contribution in [1.82, 2.24) is 0 Å². The summed E-state index contributed by atoms with van der Waals surface area (Å²) < 4.78 is 0. The van der Waals surface area contributed by atoms with Crippen molar-refractivity contribution in [2.24, 2.45) is 0 Å². The van der Waals surface area contributed by atoms with Gasteiger partial charge < -0.3 is 0 Å². The Kier molecular flexibility index (Phi) is 488. The van der Waals surface area contributed by atoms with E-state index in [0.717, 1.165) is 0 Å². The second-order valence-corrected chi connectivity index (χ2v) is 0.167. The van der Waals surface area contributed by atoms with Gasteiger partial charge in [0.05, 0.1) is 0 Å². The minimum Gasteiger partial charge on any atom is -0.267 e. The van der Waals surface area contributed by atoms with Crippen molar-refractivity contribution in [3.63, 3.8) is 0 Å². The van der Waals surface area contributed by atoms with Gasteiger partial charge in [-0.1, -0.05) is 0 Å². The fourth-order valence-electron chi connectivity index (χ4n) is 0. The molecule has 0 aliphatic carbocycles. The SMILES string of the molecule is O=[NH+][O-].O=[NH+][O-].OO. The van der Waals surface area contributed by atoms with E-state index >= 15 is 0 Å². The predicted molar refractivity (Wildman–Crippen MR) is 20.7 cm³/mol. The third kappa shape index (κ3) is 39.9. The molecular formula is H4N2O6. The highest BCUT2D eigenvalue weighted by molar-refractivity contribution is 3.77. The molecule has 0 radical (unpaired) electrons. The number of hydrogen-bond acceptors (Lipinski definition) is 6. The van der Waals surface area contributed by atoms with Gasteiger partial charge in [-0.15, -0.1) is 0 Å². The fraction of sp³-hybridized carbons (Fsp3) is 0. The summed E-state index contributed by atoms with van der Waals surface area (Å²) >= 11 is 0. The number of rotatable bonds is 0. The van der Waals surface area contributed by atoms with Crippen LogP contribution in [0.1, 0.15) is 0 Å². The molecule has 0 aliphatic heterocycles. The van der Waals surface area contributed by atoms with Crippen LogP contribution < -0.4 is 10.7 Å². The van der Waals surface area contributed by atoms with Crippen LogP contribution in [-0.4, -0.2) is 10.5 Å². The lowest BCUT2D eigenvalue weighted by molar-refractivity contribution is -0.399. The number of hydrogen-bond donors (Lipinski definition) is 4. The van der Waals surface area contributed by atoms with Crippen LogP contribution in [0.15, 0.2) is 0 Å². The molecular weight excluding hydrogens is 124 g/mol. The van der Waals surface area contributed by atoms with E-state index in [4.69, 9.17) is 30.7 Å². The molecule has 0 aromatic carbocycles. The van der Waals surface area contributed by atoms with Gasteiger partial charge in [-0.3, -0.25) is 30.7 Å². The lowest BCUT2D eigenvalue weighted by atomic mass is 13.4. The molecule has 0 unspecified atom stereocenters. The lowest BCUT2D eigenvalue weighted by Crippen LogP contribution is -2.53. The van der Waals surface area contributed by atoms with Gasteiger partial charge >= 0.3 is 0 Å². The van der Waals surface area contributed by atoms with Gasteiger partial charge in [-0.2, -0.15) is 0 Å². The highest BCUT2D eigenvalue weighted by atomic mass is 17.0. The van der Waals surface area contributed by atoms with Crippen molar-refractivity contribution in [2.75, 3.05) is 0 Å². The van der Waals surface area contributed by atoms with Crippen LogP contribution in [0.2, 0.25) is 0 Å². The predicted octanol–water partition coefficient (Wildman–Crippen LogP) is -3.32. The standard InChI is InChI=1S/2HNO2.H2O2/c2*2-1-3;1-2/h2*1H;1-2H. The van der Waals surface area contributed by atoms with Crippen LogP contribution in [0.3, 0.4) is 0 Å². The van der Waals surface area contributed by atoms with E-state index in [2.05, 4.69) is 0 Å². The molecule has 0 aromatic heterocycles. The van der Waals surface area contributed by atoms with Crippen molar-refractivity contribution < 1.29 is 21.2 Å². The Morgan fingerprint density at radius 2 is 1.00 bits per heavy atom. The topological polar surface area (TPSA) is 149 Å². The third-order valence-electron chi connectivity index (χ3n) is 0. The summed E-state index contributed by atoms with van der Waals surface area (Å²) in [5.41, 5.74) is 0. The Morgan fingerprint density at radius 1 is 1.00 bits per heavy atom. The van der Waals surface area contributed by atoms with Gasteiger partial charge in [0.1, 0.15) is 0 Å². The molecule has 0 amide bonds. The van der Waals surface area contributed by atoms with Crippen molar-refractivity contribution in [2.45, 2.75) is 0 Å². The van der Waals surface area contributed by atoms with E-state index in [1.165, 1.54) is 0 Å². The van der Waals surface area contributed by atoms with E-state index in [9.17, 15) is 0 Å². The van der Waals surface area contributed by atoms with E-state index in [-0.39, 0.29) is 10.7 Å². The molecule has 8 nitrogen and oxygen atoms in total. The Bertz CT molecular complexity index is 27.5. The summed E-state index contributed by atoms with van der Waals surface area (Å²) in [5, 5.41) is 28.8. The minimum absolute atomic E-state index is 0.250. The highest BCUT2D eigenvalue weighted by Gasteiger charge is 1.10. The van der Waals surface area contributed by atoms with E-state index in [1.54, 1.807) is 0 Å². The minimum atomic E-state index is 0.250. The first-order valence-corrected chi connectivity index (χ1v) is 1.02. The maximum Gasteiger partial charge on any atom is 0.00366 e. The van der Waals surface area contributed by atoms with E-state index in [1.807, 2.05) is 0 Å². The van der Waals surface area contributed by atoms with Gasteiger partial charge in [0, 0.05) is 10.7 Å². The maximum absolute atomic E-state index is 8.12. The molecule has 0 bridgehead atoms. The van der Waals surface area contributed by atoms with E-state index in [0.29, 0.717) is 0 Å². The molecule has 0 aliphatic rings. The van der Waals surface area contributed by atoms with Gasteiger partial charge in [-0.25, -0.2) is 0 Å². The smallest absolute Gasteiger partial charge is 0.00366 e. The quantitative estimate of drug-likeness (QED) is 0.152. The average molecular weight is 128 g/mol. The van der Waals surface area contributed by atoms with Crippen molar-refractivity contribution in [3.8, 4) is 0 Å². The lowest BCUT2D eigenvalue weighted by Gasteiger charge is -1.36. The van der Waals surface area contributed by atoms with Crippen LogP contribution in [0, 0.1) is 20.2 Å². The second-order valence-electron chi connectivity index (χ2n) is 0.167. The summed E-state index contributed by atoms with van der Waals surface area (Å²) in [4.78, 5) is 16.2. The van der Waals surface area contributed by atoms with Crippen LogP contribution >= 0.6 is 0 Å². The second kappa shape index (κ2) is 246. The third-order valence-corrected chi connectivity index (χ3v) is 0. The molecule has 0 fully saturated rings. The van der Waals surface area contributed by atoms with Crippen LogP contribution in [0.5, 0.6) is 0 Å². The summed E-state index contributed by atoms with van der Waals surface area (Å²) in [5.74, 6) is 0. The zero-order valence-corrected chi connectivity index (χ0v) is 3.53. The summed E-state index contributed by atoms with van der Waals surface area (Å²) in [6.07, 6.45) is 0. The van der Waals surface area contributed by atoms with Crippen molar-refractivity contribution in [1.29, 1.82) is 0 Å². The van der Waals surface area contributed by atoms with Gasteiger partial charge in [0.2, 0.25) is 0 Å². The van der Waals surface area contributed by atoms with Gasteiger partial charge in [0.15, 0.2) is 0 Å². The average Bonchev–Trinajstić information content (AvgIpc) is 1.75. The zero-order valence-electron chi connectivity index (χ0n) is 3.53. The Labute approximate surface area is 42.8 Å². The Balaban J connectivity index is -0.0000000483. The first kappa shape index (κ1) is 15.9. The Morgan fingerprint density at radius 3 is 1.00 bits per heavy atom. The molecule has 0 aromatic rings. The molecule has 8 heteroatoms. The molecule has 4 N–H and O–H groups in total. The molecule has 8 heavy (non-hydrogen) atoms. The Hall–Kier alpha value is -1.28. The first-order valence-electron chi connectivity index (χ1n) is 1.02. The molecule has 0 heterocycles. The highest BCUT2D eigenvalue weighted by Crippen LogP contribution is 0.711.